The summed E-state index contributed by atoms with van der Waals surface area (Å²) in [5.74, 6) is 0. The number of ether oxygens (including phenoxy) is 1. The molecule has 5 heteroatoms. The minimum atomic E-state index is -3.58. The van der Waals surface area contributed by atoms with E-state index in [0.717, 1.165) is 17.5 Å². The van der Waals surface area contributed by atoms with Crippen LogP contribution in [0.4, 0.5) is 0 Å². The lowest BCUT2D eigenvalue weighted by Gasteiger charge is -2.28. The van der Waals surface area contributed by atoms with Gasteiger partial charge in [-0.25, -0.2) is 8.42 Å². The van der Waals surface area contributed by atoms with Crippen molar-refractivity contribution in [1.82, 2.24) is 4.31 Å². The minimum Gasteiger partial charge on any atom is -0.372 e. The monoisotopic (exact) mass is 345 g/mol. The number of sulfonamides is 1. The van der Waals surface area contributed by atoms with E-state index in [-0.39, 0.29) is 12.1 Å². The molecule has 24 heavy (non-hydrogen) atoms. The van der Waals surface area contributed by atoms with Crippen molar-refractivity contribution < 1.29 is 13.2 Å². The van der Waals surface area contributed by atoms with Gasteiger partial charge in [-0.05, 0) is 36.6 Å². The number of aryl methyl sites for hydroxylation is 1. The fraction of sp³-hybridized carbons (Fsp3) is 0.368. The summed E-state index contributed by atoms with van der Waals surface area (Å²) in [5.41, 5.74) is 2.11. The van der Waals surface area contributed by atoms with Crippen molar-refractivity contribution in [1.29, 1.82) is 0 Å². The Kier molecular flexibility index (Phi) is 5.04. The van der Waals surface area contributed by atoms with E-state index in [9.17, 15) is 8.42 Å². The van der Waals surface area contributed by atoms with Crippen molar-refractivity contribution in [3.05, 3.63) is 65.7 Å². The Morgan fingerprint density at radius 3 is 2.29 bits per heavy atom. The molecule has 2 aromatic rings. The highest BCUT2D eigenvalue weighted by Crippen LogP contribution is 2.29. The quantitative estimate of drug-likeness (QED) is 0.723. The maximum Gasteiger partial charge on any atom is 0.243 e. The van der Waals surface area contributed by atoms with Crippen LogP contribution in [0.25, 0.3) is 0 Å². The molecule has 0 amide bonds. The molecule has 0 bridgehead atoms. The Balaban J connectivity index is 1.94. The fourth-order valence-corrected chi connectivity index (χ4v) is 4.42. The number of rotatable bonds is 7. The highest BCUT2D eigenvalue weighted by molar-refractivity contribution is 7.89. The van der Waals surface area contributed by atoms with Crippen LogP contribution >= 0.6 is 0 Å². The first-order valence-electron chi connectivity index (χ1n) is 8.29. The summed E-state index contributed by atoms with van der Waals surface area (Å²) in [7, 11) is -3.58. The molecule has 0 spiro atoms. The molecule has 1 aliphatic rings. The molecule has 0 radical (unpaired) electrons. The number of hydrogen-bond acceptors (Lipinski definition) is 3. The molecule has 0 aromatic heterocycles. The topological polar surface area (TPSA) is 49.9 Å². The predicted molar refractivity (Wildman–Crippen MR) is 94.3 cm³/mol. The molecule has 2 unspecified atom stereocenters. The number of epoxide rings is 1. The van der Waals surface area contributed by atoms with Crippen LogP contribution in [0.2, 0.25) is 0 Å². The van der Waals surface area contributed by atoms with Crippen LogP contribution in [0.5, 0.6) is 0 Å². The van der Waals surface area contributed by atoms with Gasteiger partial charge in [0.15, 0.2) is 0 Å². The van der Waals surface area contributed by atoms with Crippen LogP contribution in [0.1, 0.15) is 31.0 Å². The van der Waals surface area contributed by atoms with Crippen LogP contribution in [0.3, 0.4) is 0 Å². The third-order valence-corrected chi connectivity index (χ3v) is 6.39. The summed E-state index contributed by atoms with van der Waals surface area (Å²) in [6.07, 6.45) is 0.890. The van der Waals surface area contributed by atoms with Crippen LogP contribution in [0, 0.1) is 0 Å². The molecule has 3 rings (SSSR count). The molecule has 0 aliphatic carbocycles. The SMILES string of the molecule is CCc1ccc(S(=O)(=O)N(CC2CO2)C(C)c2ccccc2)cc1. The zero-order valence-corrected chi connectivity index (χ0v) is 14.9. The van der Waals surface area contributed by atoms with Gasteiger partial charge >= 0.3 is 0 Å². The van der Waals surface area contributed by atoms with Crippen LogP contribution in [-0.4, -0.2) is 32.0 Å². The maximum atomic E-state index is 13.2. The van der Waals surface area contributed by atoms with E-state index in [2.05, 4.69) is 6.92 Å². The zero-order chi connectivity index (χ0) is 17.2. The summed E-state index contributed by atoms with van der Waals surface area (Å²) < 4.78 is 33.2. The summed E-state index contributed by atoms with van der Waals surface area (Å²) in [5, 5.41) is 0. The van der Waals surface area contributed by atoms with Crippen molar-refractivity contribution in [2.75, 3.05) is 13.2 Å². The van der Waals surface area contributed by atoms with Gasteiger partial charge in [0.1, 0.15) is 0 Å². The van der Waals surface area contributed by atoms with Gasteiger partial charge in [0, 0.05) is 12.6 Å². The molecular weight excluding hydrogens is 322 g/mol. The second-order valence-corrected chi connectivity index (χ2v) is 8.00. The van der Waals surface area contributed by atoms with E-state index in [0.29, 0.717) is 18.0 Å². The summed E-state index contributed by atoms with van der Waals surface area (Å²) >= 11 is 0. The largest absolute Gasteiger partial charge is 0.372 e. The predicted octanol–water partition coefficient (Wildman–Crippen LogP) is 3.40. The molecule has 1 saturated heterocycles. The molecule has 4 nitrogen and oxygen atoms in total. The first-order chi connectivity index (χ1) is 11.5. The standard InChI is InChI=1S/C19H23NO3S/c1-3-16-9-11-19(12-10-16)24(21,22)20(13-18-14-23-18)15(2)17-7-5-4-6-8-17/h4-12,15,18H,3,13-14H2,1-2H3. The Hall–Kier alpha value is -1.69. The summed E-state index contributed by atoms with van der Waals surface area (Å²) in [6.45, 7) is 4.99. The van der Waals surface area contributed by atoms with Gasteiger partial charge < -0.3 is 4.74 Å². The molecule has 1 heterocycles. The van der Waals surface area contributed by atoms with Crippen molar-refractivity contribution in [2.45, 2.75) is 37.3 Å². The van der Waals surface area contributed by atoms with Gasteiger partial charge in [-0.1, -0.05) is 49.4 Å². The molecule has 1 fully saturated rings. The van der Waals surface area contributed by atoms with Gasteiger partial charge in [0.25, 0.3) is 0 Å². The van der Waals surface area contributed by atoms with E-state index < -0.39 is 10.0 Å². The second-order valence-electron chi connectivity index (χ2n) is 6.11. The van der Waals surface area contributed by atoms with E-state index in [1.807, 2.05) is 49.4 Å². The van der Waals surface area contributed by atoms with Crippen LogP contribution in [0.15, 0.2) is 59.5 Å². The maximum absolute atomic E-state index is 13.2. The van der Waals surface area contributed by atoms with Gasteiger partial charge in [0.05, 0.1) is 17.6 Å². The van der Waals surface area contributed by atoms with Crippen molar-refractivity contribution in [3.63, 3.8) is 0 Å². The van der Waals surface area contributed by atoms with E-state index in [1.165, 1.54) is 0 Å². The lowest BCUT2D eigenvalue weighted by atomic mass is 10.1. The molecule has 128 valence electrons. The zero-order valence-electron chi connectivity index (χ0n) is 14.1. The van der Waals surface area contributed by atoms with Crippen molar-refractivity contribution >= 4 is 10.0 Å². The smallest absolute Gasteiger partial charge is 0.243 e. The average molecular weight is 345 g/mol. The van der Waals surface area contributed by atoms with Crippen LogP contribution < -0.4 is 0 Å². The third-order valence-electron chi connectivity index (χ3n) is 4.44. The molecule has 2 aromatic carbocycles. The van der Waals surface area contributed by atoms with E-state index in [4.69, 9.17) is 4.74 Å². The normalized spacial score (nSPS) is 18.5. The first kappa shape index (κ1) is 17.1. The molecule has 0 N–H and O–H groups in total. The molecular formula is C19H23NO3S. The number of nitrogens with zero attached hydrogens (tertiary/aromatic N) is 1. The first-order valence-corrected chi connectivity index (χ1v) is 9.73. The summed E-state index contributed by atoms with van der Waals surface area (Å²) in [6, 6.07) is 16.6. The lowest BCUT2D eigenvalue weighted by Crippen LogP contribution is -2.36. The Labute approximate surface area is 144 Å². The highest BCUT2D eigenvalue weighted by Gasteiger charge is 2.36. The molecule has 0 saturated carbocycles. The number of benzene rings is 2. The minimum absolute atomic E-state index is 0.000789. The van der Waals surface area contributed by atoms with E-state index >= 15 is 0 Å². The van der Waals surface area contributed by atoms with Gasteiger partial charge in [-0.3, -0.25) is 0 Å². The number of hydrogen-bond donors (Lipinski definition) is 0. The Morgan fingerprint density at radius 1 is 1.12 bits per heavy atom. The highest BCUT2D eigenvalue weighted by atomic mass is 32.2. The lowest BCUT2D eigenvalue weighted by molar-refractivity contribution is 0.295. The van der Waals surface area contributed by atoms with Gasteiger partial charge in [-0.15, -0.1) is 0 Å². The van der Waals surface area contributed by atoms with Gasteiger partial charge in [-0.2, -0.15) is 4.31 Å². The fourth-order valence-electron chi connectivity index (χ4n) is 2.77. The van der Waals surface area contributed by atoms with E-state index in [1.54, 1.807) is 16.4 Å². The van der Waals surface area contributed by atoms with Crippen molar-refractivity contribution in [3.8, 4) is 0 Å². The Bertz CT molecular complexity index is 768. The van der Waals surface area contributed by atoms with Crippen LogP contribution in [-0.2, 0) is 21.2 Å². The summed E-state index contributed by atoms with van der Waals surface area (Å²) in [4.78, 5) is 0.336. The third kappa shape index (κ3) is 3.69. The van der Waals surface area contributed by atoms with Gasteiger partial charge in [0.2, 0.25) is 10.0 Å². The van der Waals surface area contributed by atoms with Crippen molar-refractivity contribution in [2.24, 2.45) is 0 Å². The molecule has 1 aliphatic heterocycles. The Morgan fingerprint density at radius 2 is 1.75 bits per heavy atom. The second kappa shape index (κ2) is 7.05. The average Bonchev–Trinajstić information content (AvgIpc) is 3.44. The molecule has 2 atom stereocenters.